The summed E-state index contributed by atoms with van der Waals surface area (Å²) in [4.78, 5) is 24.8. The summed E-state index contributed by atoms with van der Waals surface area (Å²) >= 11 is 0.916. The lowest BCUT2D eigenvalue weighted by Gasteiger charge is -2.16. The molecule has 1 heterocycles. The van der Waals surface area contributed by atoms with Crippen molar-refractivity contribution in [2.45, 2.75) is 29.8 Å². The second-order valence-electron chi connectivity index (χ2n) is 6.00. The van der Waals surface area contributed by atoms with Crippen LogP contribution >= 0.6 is 11.8 Å². The molecule has 3 rings (SSSR count). The van der Waals surface area contributed by atoms with Crippen molar-refractivity contribution in [2.75, 3.05) is 5.32 Å². The maximum atomic E-state index is 13.2. The predicted octanol–water partition coefficient (Wildman–Crippen LogP) is 3.77. The molecule has 29 heavy (non-hydrogen) atoms. The van der Waals surface area contributed by atoms with Gasteiger partial charge < -0.3 is 5.32 Å². The first-order valence-electron chi connectivity index (χ1n) is 8.64. The number of carbonyl (C=O) groups excluding carboxylic acids is 1. The molecule has 0 saturated heterocycles. The van der Waals surface area contributed by atoms with Gasteiger partial charge in [0.05, 0.1) is 16.5 Å². The van der Waals surface area contributed by atoms with Crippen LogP contribution < -0.4 is 15.6 Å². The van der Waals surface area contributed by atoms with E-state index in [1.165, 1.54) is 22.9 Å². The second-order valence-corrected chi connectivity index (χ2v) is 7.20. The van der Waals surface area contributed by atoms with E-state index < -0.39 is 28.5 Å². The second kappa shape index (κ2) is 8.56. The number of nitrogens with zero attached hydrogens (tertiary/aromatic N) is 1. The molecule has 1 unspecified atom stereocenters. The topological polar surface area (TPSA) is 79.0 Å². The van der Waals surface area contributed by atoms with E-state index in [9.17, 15) is 22.8 Å². The Bertz CT molecular complexity index is 1050. The molecule has 0 saturated carbocycles. The van der Waals surface area contributed by atoms with Crippen LogP contribution in [0.1, 0.15) is 18.9 Å². The summed E-state index contributed by atoms with van der Waals surface area (Å²) in [5.41, 5.74) is -1.34. The minimum atomic E-state index is -4.60. The Kier molecular flexibility index (Phi) is 6.12. The summed E-state index contributed by atoms with van der Waals surface area (Å²) in [6.45, 7) is 1.70. The van der Waals surface area contributed by atoms with Crippen LogP contribution in [0.4, 0.5) is 18.9 Å². The zero-order valence-corrected chi connectivity index (χ0v) is 16.0. The summed E-state index contributed by atoms with van der Waals surface area (Å²) in [6, 6.07) is 13.5. The third-order valence-corrected chi connectivity index (χ3v) is 5.43. The standard InChI is InChI=1S/C19H16F3N3O3S/c1-2-15(16(26)23-14-11-7-6-10-13(14)19(20,21)22)29-17-18(27)28-24-25(17)12-8-4-3-5-9-12/h3-11,15H,2H2,1H3,(H-,23,24,26,27)/p+1. The molecule has 1 amide bonds. The third kappa shape index (κ3) is 4.70. The molecule has 0 spiro atoms. The number of amides is 1. The number of aromatic nitrogens is 2. The number of alkyl halides is 3. The molecule has 1 atom stereocenters. The quantitative estimate of drug-likeness (QED) is 0.466. The fourth-order valence-corrected chi connectivity index (χ4v) is 3.61. The Labute approximate surface area is 167 Å². The number of rotatable bonds is 6. The highest BCUT2D eigenvalue weighted by Gasteiger charge is 2.35. The van der Waals surface area contributed by atoms with Crippen molar-refractivity contribution < 1.29 is 27.2 Å². The number of H-pyrrole nitrogens is 1. The lowest BCUT2D eigenvalue weighted by molar-refractivity contribution is -0.704. The van der Waals surface area contributed by atoms with E-state index in [0.29, 0.717) is 5.69 Å². The number of nitrogens with one attached hydrogen (secondary N) is 2. The minimum Gasteiger partial charge on any atom is -0.325 e. The van der Waals surface area contributed by atoms with Crippen molar-refractivity contribution in [1.82, 2.24) is 5.27 Å². The molecule has 0 fully saturated rings. The molecular weight excluding hydrogens is 407 g/mol. The molecule has 0 bridgehead atoms. The van der Waals surface area contributed by atoms with E-state index in [1.54, 1.807) is 37.3 Å². The number of thioether (sulfide) groups is 1. The maximum Gasteiger partial charge on any atom is 0.442 e. The molecule has 10 heteroatoms. The molecule has 0 aliphatic rings. The van der Waals surface area contributed by atoms with Gasteiger partial charge in [-0.3, -0.25) is 9.32 Å². The summed E-state index contributed by atoms with van der Waals surface area (Å²) in [5.74, 6) is -0.644. The molecule has 0 aliphatic carbocycles. The molecular formula is C19H17F3N3O3S+. The van der Waals surface area contributed by atoms with E-state index in [1.807, 2.05) is 0 Å². The zero-order valence-electron chi connectivity index (χ0n) is 15.2. The van der Waals surface area contributed by atoms with Gasteiger partial charge >= 0.3 is 16.8 Å². The molecule has 3 aromatic rings. The monoisotopic (exact) mass is 424 g/mol. The van der Waals surface area contributed by atoms with Crippen molar-refractivity contribution in [3.05, 3.63) is 70.6 Å². The Hall–Kier alpha value is -3.01. The van der Waals surface area contributed by atoms with Crippen molar-refractivity contribution in [3.8, 4) is 5.69 Å². The zero-order chi connectivity index (χ0) is 21.0. The molecule has 152 valence electrons. The number of benzene rings is 2. The number of hydrogen-bond acceptors (Lipinski definition) is 4. The Balaban J connectivity index is 1.85. The van der Waals surface area contributed by atoms with E-state index in [-0.39, 0.29) is 17.1 Å². The van der Waals surface area contributed by atoms with Gasteiger partial charge in [0.25, 0.3) is 0 Å². The highest BCUT2D eigenvalue weighted by atomic mass is 32.2. The smallest absolute Gasteiger partial charge is 0.325 e. The van der Waals surface area contributed by atoms with Crippen LogP contribution in [-0.2, 0) is 11.0 Å². The van der Waals surface area contributed by atoms with Gasteiger partial charge in [-0.05, 0) is 40.3 Å². The van der Waals surface area contributed by atoms with Gasteiger partial charge in [0.2, 0.25) is 11.6 Å². The van der Waals surface area contributed by atoms with Crippen molar-refractivity contribution >= 4 is 23.4 Å². The third-order valence-electron chi connectivity index (χ3n) is 4.03. The Morgan fingerprint density at radius 3 is 2.48 bits per heavy atom. The van der Waals surface area contributed by atoms with Crippen LogP contribution in [0.3, 0.4) is 0 Å². The fourth-order valence-electron chi connectivity index (χ4n) is 2.62. The van der Waals surface area contributed by atoms with Crippen LogP contribution in [0.25, 0.3) is 5.69 Å². The highest BCUT2D eigenvalue weighted by Crippen LogP contribution is 2.35. The molecule has 2 aromatic carbocycles. The first-order chi connectivity index (χ1) is 13.8. The molecule has 2 N–H and O–H groups in total. The number of carbonyl (C=O) groups is 1. The summed E-state index contributed by atoms with van der Waals surface area (Å²) in [6.07, 6.45) is -4.32. The minimum absolute atomic E-state index is 0.113. The lowest BCUT2D eigenvalue weighted by atomic mass is 10.1. The Morgan fingerprint density at radius 1 is 1.17 bits per heavy atom. The van der Waals surface area contributed by atoms with Crippen LogP contribution in [0.15, 0.2) is 68.9 Å². The largest absolute Gasteiger partial charge is 0.442 e. The van der Waals surface area contributed by atoms with Gasteiger partial charge in [-0.1, -0.05) is 37.3 Å². The summed E-state index contributed by atoms with van der Waals surface area (Å²) in [7, 11) is 0. The van der Waals surface area contributed by atoms with E-state index in [0.717, 1.165) is 17.8 Å². The van der Waals surface area contributed by atoms with Gasteiger partial charge in [-0.15, -0.1) is 0 Å². The van der Waals surface area contributed by atoms with Crippen molar-refractivity contribution in [3.63, 3.8) is 0 Å². The van der Waals surface area contributed by atoms with Gasteiger partial charge in [-0.2, -0.15) is 13.2 Å². The fraction of sp³-hybridized carbons (Fsp3) is 0.211. The maximum absolute atomic E-state index is 13.2. The van der Waals surface area contributed by atoms with Crippen LogP contribution in [-0.4, -0.2) is 16.4 Å². The summed E-state index contributed by atoms with van der Waals surface area (Å²) in [5, 5.41) is 4.09. The van der Waals surface area contributed by atoms with E-state index >= 15 is 0 Å². The van der Waals surface area contributed by atoms with Crippen molar-refractivity contribution in [1.29, 1.82) is 0 Å². The first kappa shape index (κ1) is 20.7. The average molecular weight is 424 g/mol. The predicted molar refractivity (Wildman–Crippen MR) is 101 cm³/mol. The van der Waals surface area contributed by atoms with Crippen LogP contribution in [0, 0.1) is 0 Å². The lowest BCUT2D eigenvalue weighted by Crippen LogP contribution is -2.37. The van der Waals surface area contributed by atoms with Crippen molar-refractivity contribution in [2.24, 2.45) is 0 Å². The molecule has 6 nitrogen and oxygen atoms in total. The highest BCUT2D eigenvalue weighted by molar-refractivity contribution is 8.00. The first-order valence-corrected chi connectivity index (χ1v) is 9.52. The number of para-hydroxylation sites is 2. The van der Waals surface area contributed by atoms with E-state index in [2.05, 4.69) is 10.6 Å². The van der Waals surface area contributed by atoms with Gasteiger partial charge in [0.15, 0.2) is 0 Å². The number of hydrogen-bond donors (Lipinski definition) is 2. The van der Waals surface area contributed by atoms with Gasteiger partial charge in [-0.25, -0.2) is 4.79 Å². The normalized spacial score (nSPS) is 12.6. The summed E-state index contributed by atoms with van der Waals surface area (Å²) < 4.78 is 45.7. The molecule has 0 aliphatic heterocycles. The van der Waals surface area contributed by atoms with E-state index in [4.69, 9.17) is 4.52 Å². The number of halogens is 3. The average Bonchev–Trinajstić information content (AvgIpc) is 3.06. The van der Waals surface area contributed by atoms with Gasteiger partial charge in [0, 0.05) is 12.1 Å². The van der Waals surface area contributed by atoms with Crippen LogP contribution in [0.5, 0.6) is 0 Å². The van der Waals surface area contributed by atoms with Crippen LogP contribution in [0.2, 0.25) is 0 Å². The Morgan fingerprint density at radius 2 is 1.83 bits per heavy atom. The SMILES string of the molecule is CCC(Sc1c(=O)o[nH][n+]1-c1ccccc1)C(=O)Nc1ccccc1C(F)(F)F. The van der Waals surface area contributed by atoms with Gasteiger partial charge in [0.1, 0.15) is 0 Å². The number of aromatic amines is 1. The molecule has 1 aromatic heterocycles. The number of anilines is 1. The molecule has 0 radical (unpaired) electrons.